The molecular weight excluding hydrogens is 255 g/mol. The van der Waals surface area contributed by atoms with E-state index in [4.69, 9.17) is 0 Å². The van der Waals surface area contributed by atoms with Gasteiger partial charge in [-0.05, 0) is 43.8 Å². The van der Waals surface area contributed by atoms with Gasteiger partial charge in [0.25, 0.3) is 0 Å². The molecule has 0 spiro atoms. The second kappa shape index (κ2) is 8.72. The molecule has 114 valence electrons. The maximum atomic E-state index is 13.4. The van der Waals surface area contributed by atoms with E-state index in [2.05, 4.69) is 6.58 Å². The predicted molar refractivity (Wildman–Crippen MR) is 82.2 cm³/mol. The first kappa shape index (κ1) is 18.6. The van der Waals surface area contributed by atoms with Crippen LogP contribution in [0.25, 0.3) is 0 Å². The van der Waals surface area contributed by atoms with Gasteiger partial charge in [-0.15, -0.1) is 0 Å². The first-order valence-corrected chi connectivity index (χ1v) is 7.32. The van der Waals surface area contributed by atoms with Crippen molar-refractivity contribution in [2.45, 2.75) is 53.4 Å². The van der Waals surface area contributed by atoms with Gasteiger partial charge in [0.1, 0.15) is 5.83 Å². The van der Waals surface area contributed by atoms with Gasteiger partial charge in [0, 0.05) is 0 Å². The summed E-state index contributed by atoms with van der Waals surface area (Å²) in [5.41, 5.74) is -0.0766. The molecular formula is C17H27FO2. The average molecular weight is 282 g/mol. The van der Waals surface area contributed by atoms with Crippen molar-refractivity contribution in [1.82, 2.24) is 0 Å². The monoisotopic (exact) mass is 282 g/mol. The molecule has 1 aliphatic rings. The zero-order chi connectivity index (χ0) is 15.8. The number of carboxylic acid groups (broad SMARTS) is 1. The Morgan fingerprint density at radius 2 is 2.00 bits per heavy atom. The molecule has 1 fully saturated rings. The number of hydrogen-bond acceptors (Lipinski definition) is 1. The molecule has 1 aliphatic carbocycles. The molecule has 0 saturated heterocycles. The van der Waals surface area contributed by atoms with Gasteiger partial charge in [0.2, 0.25) is 0 Å². The minimum absolute atomic E-state index is 0.0600. The molecule has 1 saturated carbocycles. The quantitative estimate of drug-likeness (QED) is 0.673. The minimum Gasteiger partial charge on any atom is -0.481 e. The normalized spacial score (nSPS) is 19.2. The molecule has 0 bridgehead atoms. The molecule has 0 aromatic carbocycles. The molecule has 0 radical (unpaired) electrons. The average Bonchev–Trinajstić information content (AvgIpc) is 2.40. The fraction of sp³-hybridized carbons (Fsp3) is 0.588. The van der Waals surface area contributed by atoms with E-state index in [0.29, 0.717) is 12.0 Å². The Bertz CT molecular complexity index is 390. The van der Waals surface area contributed by atoms with Crippen LogP contribution in [0, 0.1) is 11.3 Å². The van der Waals surface area contributed by atoms with Gasteiger partial charge in [-0.25, -0.2) is 4.39 Å². The van der Waals surface area contributed by atoms with E-state index < -0.39 is 11.4 Å². The first-order valence-electron chi connectivity index (χ1n) is 7.32. The summed E-state index contributed by atoms with van der Waals surface area (Å²) >= 11 is 0. The third-order valence-corrected chi connectivity index (χ3v) is 3.73. The molecule has 1 atom stereocenters. The lowest BCUT2D eigenvalue weighted by molar-refractivity contribution is -0.155. The molecule has 3 heteroatoms. The lowest BCUT2D eigenvalue weighted by atomic mass is 9.64. The van der Waals surface area contributed by atoms with Crippen molar-refractivity contribution in [3.05, 3.63) is 36.2 Å². The van der Waals surface area contributed by atoms with Gasteiger partial charge in [-0.3, -0.25) is 4.79 Å². The largest absolute Gasteiger partial charge is 0.481 e. The molecule has 0 aromatic rings. The SMILES string of the molecule is C=C/C(C)=C(F)\C=C/C(C)CC1(C(=O)O)CCC1.CC. The highest BCUT2D eigenvalue weighted by Crippen LogP contribution is 2.46. The van der Waals surface area contributed by atoms with E-state index in [1.807, 2.05) is 20.8 Å². The molecule has 0 heterocycles. The van der Waals surface area contributed by atoms with E-state index in [0.717, 1.165) is 19.3 Å². The molecule has 1 N–H and O–H groups in total. The van der Waals surface area contributed by atoms with Crippen molar-refractivity contribution < 1.29 is 14.3 Å². The van der Waals surface area contributed by atoms with Gasteiger partial charge < -0.3 is 5.11 Å². The van der Waals surface area contributed by atoms with Crippen molar-refractivity contribution in [1.29, 1.82) is 0 Å². The summed E-state index contributed by atoms with van der Waals surface area (Å²) in [5, 5.41) is 9.22. The van der Waals surface area contributed by atoms with Gasteiger partial charge in [0.15, 0.2) is 0 Å². The molecule has 2 nitrogen and oxygen atoms in total. The number of carbonyl (C=O) groups is 1. The Morgan fingerprint density at radius 3 is 2.35 bits per heavy atom. The zero-order valence-corrected chi connectivity index (χ0v) is 13.1. The summed E-state index contributed by atoms with van der Waals surface area (Å²) in [6.45, 7) is 11.1. The minimum atomic E-state index is -0.715. The number of allylic oxidation sites excluding steroid dienone is 5. The van der Waals surface area contributed by atoms with E-state index >= 15 is 0 Å². The molecule has 1 rings (SSSR count). The second-order valence-corrected chi connectivity index (χ2v) is 5.21. The van der Waals surface area contributed by atoms with Crippen LogP contribution in [0.15, 0.2) is 36.2 Å². The van der Waals surface area contributed by atoms with Crippen LogP contribution in [0.2, 0.25) is 0 Å². The highest BCUT2D eigenvalue weighted by atomic mass is 19.1. The third-order valence-electron chi connectivity index (χ3n) is 3.73. The Hall–Kier alpha value is -1.38. The fourth-order valence-electron chi connectivity index (χ4n) is 2.27. The summed E-state index contributed by atoms with van der Waals surface area (Å²) in [6, 6.07) is 0. The maximum Gasteiger partial charge on any atom is 0.309 e. The topological polar surface area (TPSA) is 37.3 Å². The van der Waals surface area contributed by atoms with Crippen LogP contribution in [0.1, 0.15) is 53.4 Å². The summed E-state index contributed by atoms with van der Waals surface area (Å²) in [4.78, 5) is 11.2. The van der Waals surface area contributed by atoms with Crippen molar-refractivity contribution in [2.24, 2.45) is 11.3 Å². The number of halogens is 1. The van der Waals surface area contributed by atoms with Crippen LogP contribution >= 0.6 is 0 Å². The smallest absolute Gasteiger partial charge is 0.309 e. The molecule has 1 unspecified atom stereocenters. The van der Waals surface area contributed by atoms with Crippen molar-refractivity contribution in [3.63, 3.8) is 0 Å². The Labute approximate surface area is 122 Å². The third kappa shape index (κ3) is 4.95. The van der Waals surface area contributed by atoms with E-state index in [9.17, 15) is 14.3 Å². The van der Waals surface area contributed by atoms with Crippen LogP contribution in [-0.2, 0) is 4.79 Å². The lowest BCUT2D eigenvalue weighted by Gasteiger charge is -2.39. The summed E-state index contributed by atoms with van der Waals surface area (Å²) in [6.07, 6.45) is 7.66. The van der Waals surface area contributed by atoms with E-state index in [1.54, 1.807) is 13.0 Å². The number of carboxylic acids is 1. The van der Waals surface area contributed by atoms with Crippen molar-refractivity contribution >= 4 is 5.97 Å². The summed E-state index contributed by atoms with van der Waals surface area (Å²) in [5.74, 6) is -0.966. The molecule has 0 aromatic heterocycles. The Kier molecular flexibility index (Phi) is 8.12. The zero-order valence-electron chi connectivity index (χ0n) is 13.1. The van der Waals surface area contributed by atoms with Gasteiger partial charge in [-0.1, -0.05) is 45.9 Å². The van der Waals surface area contributed by atoms with Gasteiger partial charge in [0.05, 0.1) is 5.41 Å². The van der Waals surface area contributed by atoms with Crippen LogP contribution in [0.4, 0.5) is 4.39 Å². The van der Waals surface area contributed by atoms with Gasteiger partial charge in [-0.2, -0.15) is 0 Å². The van der Waals surface area contributed by atoms with Crippen molar-refractivity contribution in [2.75, 3.05) is 0 Å². The number of aliphatic carboxylic acids is 1. The van der Waals surface area contributed by atoms with Crippen LogP contribution in [0.5, 0.6) is 0 Å². The van der Waals surface area contributed by atoms with Crippen LogP contribution in [-0.4, -0.2) is 11.1 Å². The van der Waals surface area contributed by atoms with Gasteiger partial charge >= 0.3 is 5.97 Å². The fourth-order valence-corrected chi connectivity index (χ4v) is 2.27. The Morgan fingerprint density at radius 1 is 1.45 bits per heavy atom. The van der Waals surface area contributed by atoms with Crippen LogP contribution in [0.3, 0.4) is 0 Å². The first-order chi connectivity index (χ1) is 9.41. The number of rotatable bonds is 6. The summed E-state index contributed by atoms with van der Waals surface area (Å²) in [7, 11) is 0. The van der Waals surface area contributed by atoms with E-state index in [1.165, 1.54) is 12.2 Å². The number of hydrogen-bond donors (Lipinski definition) is 1. The second-order valence-electron chi connectivity index (χ2n) is 5.21. The van der Waals surface area contributed by atoms with E-state index in [-0.39, 0.29) is 11.7 Å². The standard InChI is InChI=1S/C15H21FO2.C2H6/c1-4-12(3)13(16)7-6-11(2)10-15(14(17)18)8-5-9-15;1-2/h4,6-7,11H,1,5,8-10H2,2-3H3,(H,17,18);1-2H3/b7-6-,13-12+;. The maximum absolute atomic E-state index is 13.4. The van der Waals surface area contributed by atoms with Crippen LogP contribution < -0.4 is 0 Å². The highest BCUT2D eigenvalue weighted by molar-refractivity contribution is 5.75. The summed E-state index contributed by atoms with van der Waals surface area (Å²) < 4.78 is 13.4. The molecule has 0 aliphatic heterocycles. The Balaban J connectivity index is 0.00000172. The molecule has 20 heavy (non-hydrogen) atoms. The molecule has 0 amide bonds. The lowest BCUT2D eigenvalue weighted by Crippen LogP contribution is -2.39. The predicted octanol–water partition coefficient (Wildman–Crippen LogP) is 5.28. The van der Waals surface area contributed by atoms with Crippen molar-refractivity contribution in [3.8, 4) is 0 Å². The highest BCUT2D eigenvalue weighted by Gasteiger charge is 2.44.